The van der Waals surface area contributed by atoms with Crippen molar-refractivity contribution in [2.24, 2.45) is 5.92 Å². The van der Waals surface area contributed by atoms with E-state index in [1.165, 1.54) is 4.90 Å². The summed E-state index contributed by atoms with van der Waals surface area (Å²) in [5.74, 6) is -1.17. The van der Waals surface area contributed by atoms with Gasteiger partial charge in [0.15, 0.2) is 0 Å². The average molecular weight is 285 g/mol. The summed E-state index contributed by atoms with van der Waals surface area (Å²) in [6, 6.07) is -1.19. The zero-order chi connectivity index (χ0) is 15.1. The maximum absolute atomic E-state index is 12.0. The molecule has 1 heterocycles. The van der Waals surface area contributed by atoms with Crippen molar-refractivity contribution in [1.29, 1.82) is 0 Å². The maximum Gasteiger partial charge on any atom is 0.326 e. The number of carbonyl (C=O) groups excluding carboxylic acids is 2. The summed E-state index contributed by atoms with van der Waals surface area (Å²) < 4.78 is 0. The lowest BCUT2D eigenvalue weighted by Gasteiger charge is -2.37. The second-order valence-corrected chi connectivity index (χ2v) is 5.03. The van der Waals surface area contributed by atoms with Crippen LogP contribution in [0.2, 0.25) is 0 Å². The molecule has 0 aliphatic carbocycles. The molecule has 2 atom stereocenters. The number of carbonyl (C=O) groups is 3. The fourth-order valence-electron chi connectivity index (χ4n) is 2.46. The van der Waals surface area contributed by atoms with Crippen LogP contribution in [0.1, 0.15) is 33.1 Å². The Morgan fingerprint density at radius 1 is 1.30 bits per heavy atom. The number of carboxylic acid groups (broad SMARTS) is 1. The van der Waals surface area contributed by atoms with Crippen LogP contribution >= 0.6 is 0 Å². The van der Waals surface area contributed by atoms with Crippen LogP contribution in [0.5, 0.6) is 0 Å². The summed E-state index contributed by atoms with van der Waals surface area (Å²) in [6.45, 7) is 4.86. The Balaban J connectivity index is 2.48. The first-order valence-corrected chi connectivity index (χ1v) is 7.01. The minimum atomic E-state index is -0.976. The zero-order valence-corrected chi connectivity index (χ0v) is 12.0. The molecule has 7 heteroatoms. The Bertz CT molecular complexity index is 373. The van der Waals surface area contributed by atoms with Crippen molar-refractivity contribution in [2.75, 3.05) is 19.6 Å². The number of rotatable bonds is 5. The van der Waals surface area contributed by atoms with E-state index < -0.39 is 18.0 Å². The fourth-order valence-corrected chi connectivity index (χ4v) is 2.46. The first-order valence-electron chi connectivity index (χ1n) is 7.01. The third-order valence-corrected chi connectivity index (χ3v) is 3.45. The number of piperidine rings is 1. The van der Waals surface area contributed by atoms with Gasteiger partial charge in [0.1, 0.15) is 6.04 Å². The number of hydrogen-bond acceptors (Lipinski definition) is 3. The number of hydrogen-bond donors (Lipinski definition) is 3. The van der Waals surface area contributed by atoms with Gasteiger partial charge in [-0.2, -0.15) is 0 Å². The predicted molar refractivity (Wildman–Crippen MR) is 73.2 cm³/mol. The van der Waals surface area contributed by atoms with Crippen LogP contribution in [0.4, 0.5) is 4.79 Å². The number of aliphatic carboxylic acids is 1. The molecule has 0 bridgehead atoms. The molecule has 3 N–H and O–H groups in total. The molecule has 0 spiro atoms. The number of nitrogens with zero attached hydrogens (tertiary/aromatic N) is 1. The van der Waals surface area contributed by atoms with Gasteiger partial charge in [-0.3, -0.25) is 4.79 Å². The summed E-state index contributed by atoms with van der Waals surface area (Å²) in [5, 5.41) is 14.5. The number of carboxylic acids is 1. The second-order valence-electron chi connectivity index (χ2n) is 5.03. The summed E-state index contributed by atoms with van der Waals surface area (Å²) in [6.07, 6.45) is 1.80. The minimum absolute atomic E-state index is 0.0598. The van der Waals surface area contributed by atoms with E-state index in [1.54, 1.807) is 0 Å². The first-order chi connectivity index (χ1) is 9.47. The molecule has 1 saturated heterocycles. The molecule has 0 saturated carbocycles. The smallest absolute Gasteiger partial charge is 0.326 e. The van der Waals surface area contributed by atoms with E-state index in [-0.39, 0.29) is 24.8 Å². The number of urea groups is 1. The normalized spacial score (nSPS) is 22.2. The number of nitrogens with one attached hydrogen (secondary N) is 2. The Morgan fingerprint density at radius 2 is 2.00 bits per heavy atom. The fraction of sp³-hybridized carbons (Fsp3) is 0.769. The molecule has 1 aliphatic rings. The largest absolute Gasteiger partial charge is 0.480 e. The SMILES string of the molecule is CCNC(=O)CCNC(=O)N1CCCC(C)C1C(=O)O. The van der Waals surface area contributed by atoms with Crippen LogP contribution in [0.25, 0.3) is 0 Å². The Morgan fingerprint density at radius 3 is 2.60 bits per heavy atom. The van der Waals surface area contributed by atoms with Gasteiger partial charge in [-0.1, -0.05) is 6.92 Å². The van der Waals surface area contributed by atoms with Crippen LogP contribution in [-0.4, -0.2) is 53.6 Å². The van der Waals surface area contributed by atoms with Crippen molar-refractivity contribution in [2.45, 2.75) is 39.2 Å². The summed E-state index contributed by atoms with van der Waals surface area (Å²) >= 11 is 0. The third kappa shape index (κ3) is 4.40. The molecule has 1 rings (SSSR count). The van der Waals surface area contributed by atoms with Crippen LogP contribution in [0.15, 0.2) is 0 Å². The van der Waals surface area contributed by atoms with E-state index in [1.807, 2.05) is 13.8 Å². The number of amides is 3. The highest BCUT2D eigenvalue weighted by Gasteiger charge is 2.36. The first kappa shape index (κ1) is 16.3. The molecule has 114 valence electrons. The van der Waals surface area contributed by atoms with E-state index in [0.29, 0.717) is 13.1 Å². The maximum atomic E-state index is 12.0. The molecule has 0 radical (unpaired) electrons. The topological polar surface area (TPSA) is 98.7 Å². The highest BCUT2D eigenvalue weighted by molar-refractivity contribution is 5.83. The van der Waals surface area contributed by atoms with Crippen molar-refractivity contribution < 1.29 is 19.5 Å². The van der Waals surface area contributed by atoms with Gasteiger partial charge in [0.05, 0.1) is 0 Å². The Hall–Kier alpha value is -1.79. The van der Waals surface area contributed by atoms with E-state index in [4.69, 9.17) is 0 Å². The summed E-state index contributed by atoms with van der Waals surface area (Å²) in [4.78, 5) is 35.9. The lowest BCUT2D eigenvalue weighted by atomic mass is 9.91. The van der Waals surface area contributed by atoms with E-state index >= 15 is 0 Å². The molecule has 1 aliphatic heterocycles. The van der Waals surface area contributed by atoms with Gasteiger partial charge >= 0.3 is 12.0 Å². The molecule has 7 nitrogen and oxygen atoms in total. The molecule has 1 fully saturated rings. The van der Waals surface area contributed by atoms with Gasteiger partial charge in [-0.05, 0) is 25.7 Å². The highest BCUT2D eigenvalue weighted by atomic mass is 16.4. The number of likely N-dealkylation sites (tertiary alicyclic amines) is 1. The van der Waals surface area contributed by atoms with Crippen molar-refractivity contribution in [1.82, 2.24) is 15.5 Å². The quantitative estimate of drug-likeness (QED) is 0.681. The van der Waals surface area contributed by atoms with E-state index in [9.17, 15) is 19.5 Å². The Kier molecular flexibility index (Phi) is 6.27. The van der Waals surface area contributed by atoms with Crippen LogP contribution in [-0.2, 0) is 9.59 Å². The van der Waals surface area contributed by atoms with Crippen molar-refractivity contribution in [3.63, 3.8) is 0 Å². The predicted octanol–water partition coefficient (Wildman–Crippen LogP) is 0.407. The van der Waals surface area contributed by atoms with Crippen LogP contribution < -0.4 is 10.6 Å². The molecule has 2 unspecified atom stereocenters. The van der Waals surface area contributed by atoms with Gasteiger partial charge in [-0.25, -0.2) is 9.59 Å². The third-order valence-electron chi connectivity index (χ3n) is 3.45. The minimum Gasteiger partial charge on any atom is -0.480 e. The van der Waals surface area contributed by atoms with E-state index in [0.717, 1.165) is 12.8 Å². The molecule has 20 heavy (non-hydrogen) atoms. The molecule has 3 amide bonds. The molecule has 0 aromatic rings. The van der Waals surface area contributed by atoms with Crippen molar-refractivity contribution >= 4 is 17.9 Å². The average Bonchev–Trinajstić information content (AvgIpc) is 2.38. The Labute approximate surface area is 118 Å². The lowest BCUT2D eigenvalue weighted by Crippen LogP contribution is -2.55. The molecule has 0 aromatic heterocycles. The lowest BCUT2D eigenvalue weighted by molar-refractivity contribution is -0.145. The van der Waals surface area contributed by atoms with Gasteiger partial charge in [0.2, 0.25) is 5.91 Å². The van der Waals surface area contributed by atoms with Gasteiger partial charge in [-0.15, -0.1) is 0 Å². The zero-order valence-electron chi connectivity index (χ0n) is 12.0. The van der Waals surface area contributed by atoms with Gasteiger partial charge < -0.3 is 20.6 Å². The summed E-state index contributed by atoms with van der Waals surface area (Å²) in [7, 11) is 0. The summed E-state index contributed by atoms with van der Waals surface area (Å²) in [5.41, 5.74) is 0. The van der Waals surface area contributed by atoms with Crippen LogP contribution in [0, 0.1) is 5.92 Å². The van der Waals surface area contributed by atoms with Gasteiger partial charge in [0.25, 0.3) is 0 Å². The standard InChI is InChI=1S/C13H23N3O4/c1-3-14-10(17)6-7-15-13(20)16-8-4-5-9(2)11(16)12(18)19/h9,11H,3-8H2,1-2H3,(H,14,17)(H,15,20)(H,18,19). The highest BCUT2D eigenvalue weighted by Crippen LogP contribution is 2.23. The van der Waals surface area contributed by atoms with Crippen molar-refractivity contribution in [3.05, 3.63) is 0 Å². The van der Waals surface area contributed by atoms with E-state index in [2.05, 4.69) is 10.6 Å². The molecular weight excluding hydrogens is 262 g/mol. The monoisotopic (exact) mass is 285 g/mol. The second kappa shape index (κ2) is 7.72. The molecule has 0 aromatic carbocycles. The molecular formula is C13H23N3O4. The van der Waals surface area contributed by atoms with Crippen molar-refractivity contribution in [3.8, 4) is 0 Å². The van der Waals surface area contributed by atoms with Gasteiger partial charge in [0, 0.05) is 26.1 Å². The van der Waals surface area contributed by atoms with Crippen LogP contribution in [0.3, 0.4) is 0 Å².